The van der Waals surface area contributed by atoms with E-state index in [4.69, 9.17) is 38.0 Å². The van der Waals surface area contributed by atoms with Crippen molar-refractivity contribution in [3.8, 4) is 56.8 Å². The van der Waals surface area contributed by atoms with Gasteiger partial charge in [-0.05, 0) is 35.7 Å². The lowest BCUT2D eigenvalue weighted by atomic mass is 9.91. The second-order valence-corrected chi connectivity index (χ2v) is 10.7. The van der Waals surface area contributed by atoms with Crippen molar-refractivity contribution in [2.24, 2.45) is 5.16 Å². The molecule has 13 nitrogen and oxygen atoms in total. The fraction of sp³-hybridized carbons (Fsp3) is 0.250. The minimum Gasteiger partial charge on any atom is -0.493 e. The molecule has 2 heterocycles. The predicted octanol–water partition coefficient (Wildman–Crippen LogP) is 4.97. The molecule has 1 unspecified atom stereocenters. The number of methoxy groups -OCH3 is 2. The molecular weight excluding hydrogens is 636 g/mol. The zero-order valence-electron chi connectivity index (χ0n) is 27.0. The van der Waals surface area contributed by atoms with Gasteiger partial charge < -0.3 is 48.4 Å². The van der Waals surface area contributed by atoms with Crippen LogP contribution in [0.4, 0.5) is 0 Å². The molecule has 1 amide bonds. The summed E-state index contributed by atoms with van der Waals surface area (Å²) >= 11 is 0. The molecule has 2 aliphatic rings. The van der Waals surface area contributed by atoms with Gasteiger partial charge in [-0.2, -0.15) is 0 Å². The van der Waals surface area contributed by atoms with Crippen LogP contribution in [0.15, 0.2) is 71.9 Å². The van der Waals surface area contributed by atoms with Crippen LogP contribution in [0.5, 0.6) is 34.5 Å². The van der Waals surface area contributed by atoms with Gasteiger partial charge in [0, 0.05) is 11.1 Å². The van der Waals surface area contributed by atoms with Crippen molar-refractivity contribution >= 4 is 18.1 Å². The van der Waals surface area contributed by atoms with E-state index in [1.807, 2.05) is 54.6 Å². The molecular formula is C36H34N2O11. The molecule has 4 aromatic rings. The first kappa shape index (κ1) is 33.0. The number of oxime groups is 1. The topological polar surface area (TPSA) is 153 Å². The van der Waals surface area contributed by atoms with Gasteiger partial charge in [-0.15, -0.1) is 0 Å². The molecule has 0 spiro atoms. The number of nitrogens with one attached hydrogen (secondary N) is 1. The summed E-state index contributed by atoms with van der Waals surface area (Å²) in [7, 11) is 2.84. The first-order valence-electron chi connectivity index (χ1n) is 15.4. The number of carbonyl (C=O) groups is 2. The summed E-state index contributed by atoms with van der Waals surface area (Å²) in [4.78, 5) is 32.8. The summed E-state index contributed by atoms with van der Waals surface area (Å²) < 4.78 is 39.4. The van der Waals surface area contributed by atoms with Crippen LogP contribution in [0, 0.1) is 0 Å². The number of aliphatic hydroxyl groups is 1. The molecule has 4 aromatic carbocycles. The molecule has 13 heteroatoms. The highest BCUT2D eigenvalue weighted by Crippen LogP contribution is 2.56. The number of aliphatic hydroxyl groups excluding tert-OH is 1. The average molecular weight is 671 g/mol. The van der Waals surface area contributed by atoms with Crippen molar-refractivity contribution in [3.05, 3.63) is 83.4 Å². The molecule has 6 rings (SSSR count). The van der Waals surface area contributed by atoms with Crippen molar-refractivity contribution in [3.63, 3.8) is 0 Å². The van der Waals surface area contributed by atoms with Gasteiger partial charge in [0.2, 0.25) is 25.1 Å². The lowest BCUT2D eigenvalue weighted by Crippen LogP contribution is -2.39. The maximum Gasteiger partial charge on any atom is 0.339 e. The van der Waals surface area contributed by atoms with Crippen LogP contribution in [0.3, 0.4) is 0 Å². The summed E-state index contributed by atoms with van der Waals surface area (Å²) in [6.45, 7) is 1.09. The van der Waals surface area contributed by atoms with E-state index in [1.165, 1.54) is 32.6 Å². The monoisotopic (exact) mass is 670 g/mol. The molecule has 2 aliphatic heterocycles. The van der Waals surface area contributed by atoms with Crippen molar-refractivity contribution in [1.82, 2.24) is 5.32 Å². The molecule has 0 aromatic heterocycles. The van der Waals surface area contributed by atoms with E-state index in [0.29, 0.717) is 0 Å². The fourth-order valence-electron chi connectivity index (χ4n) is 5.45. The second kappa shape index (κ2) is 14.9. The van der Waals surface area contributed by atoms with E-state index >= 15 is 0 Å². The fourth-order valence-corrected chi connectivity index (χ4v) is 5.45. The van der Waals surface area contributed by atoms with Crippen LogP contribution < -0.4 is 33.7 Å². The molecule has 1 atom stereocenters. The summed E-state index contributed by atoms with van der Waals surface area (Å²) in [5.74, 6) is -0.194. The standard InChI is InChI=1S/C36H34N2O11/c1-4-44-36(41)26-15-28(43-3)32-34(48-20-46-32)30(26)29-25(14-27(42-2)31-33(29)47-19-45-31)35(40)38-24(17-39)16-37-49-18-21-10-12-23(13-11-21)22-8-6-5-7-9-22/h5-16,24,39H,4,17-20H2,1-3H3,(H,38,40)/b37-16+. The maximum absolute atomic E-state index is 14.0. The molecule has 254 valence electrons. The minimum absolute atomic E-state index is 0.0146. The van der Waals surface area contributed by atoms with Crippen LogP contribution in [0.2, 0.25) is 0 Å². The molecule has 0 aliphatic carbocycles. The number of rotatable bonds is 13. The first-order chi connectivity index (χ1) is 24.0. The molecule has 0 saturated carbocycles. The van der Waals surface area contributed by atoms with Gasteiger partial charge in [-0.25, -0.2) is 4.79 Å². The third-order valence-electron chi connectivity index (χ3n) is 7.77. The highest BCUT2D eigenvalue weighted by Gasteiger charge is 2.37. The molecule has 2 N–H and O–H groups in total. The van der Waals surface area contributed by atoms with Crippen molar-refractivity contribution in [2.45, 2.75) is 19.6 Å². The number of fused-ring (bicyclic) bond motifs is 2. The average Bonchev–Trinajstić information content (AvgIpc) is 3.83. The quantitative estimate of drug-likeness (QED) is 0.113. The number of ether oxygens (including phenoxy) is 7. The van der Waals surface area contributed by atoms with Gasteiger partial charge in [-0.3, -0.25) is 4.79 Å². The Labute approximate surface area is 281 Å². The second-order valence-electron chi connectivity index (χ2n) is 10.7. The van der Waals surface area contributed by atoms with Crippen molar-refractivity contribution in [1.29, 1.82) is 0 Å². The van der Waals surface area contributed by atoms with E-state index in [-0.39, 0.29) is 83.6 Å². The van der Waals surface area contributed by atoms with E-state index < -0.39 is 24.5 Å². The Bertz CT molecular complexity index is 1860. The van der Waals surface area contributed by atoms with E-state index in [0.717, 1.165) is 16.7 Å². The normalized spacial score (nSPS) is 13.2. The Morgan fingerprint density at radius 1 is 0.837 bits per heavy atom. The summed E-state index contributed by atoms with van der Waals surface area (Å²) in [6, 6.07) is 19.8. The largest absolute Gasteiger partial charge is 0.493 e. The number of nitrogens with zero attached hydrogens (tertiary/aromatic N) is 1. The van der Waals surface area contributed by atoms with Gasteiger partial charge in [-0.1, -0.05) is 59.8 Å². The van der Waals surface area contributed by atoms with E-state index in [9.17, 15) is 14.7 Å². The Morgan fingerprint density at radius 2 is 1.41 bits per heavy atom. The summed E-state index contributed by atoms with van der Waals surface area (Å²) in [6.07, 6.45) is 1.28. The lowest BCUT2D eigenvalue weighted by molar-refractivity contribution is 0.0526. The number of hydrogen-bond acceptors (Lipinski definition) is 12. The van der Waals surface area contributed by atoms with Crippen LogP contribution in [0.25, 0.3) is 22.3 Å². The Morgan fingerprint density at radius 3 is 2.00 bits per heavy atom. The molecule has 0 fully saturated rings. The zero-order chi connectivity index (χ0) is 34.3. The predicted molar refractivity (Wildman–Crippen MR) is 177 cm³/mol. The highest BCUT2D eigenvalue weighted by molar-refractivity contribution is 6.10. The minimum atomic E-state index is -0.956. The van der Waals surface area contributed by atoms with E-state index in [1.54, 1.807) is 6.92 Å². The van der Waals surface area contributed by atoms with Gasteiger partial charge >= 0.3 is 5.97 Å². The summed E-state index contributed by atoms with van der Waals surface area (Å²) in [5.41, 5.74) is 3.43. The lowest BCUT2D eigenvalue weighted by Gasteiger charge is -2.20. The van der Waals surface area contributed by atoms with Crippen LogP contribution in [0.1, 0.15) is 33.2 Å². The summed E-state index contributed by atoms with van der Waals surface area (Å²) in [5, 5.41) is 16.9. The van der Waals surface area contributed by atoms with Gasteiger partial charge in [0.15, 0.2) is 23.0 Å². The number of benzene rings is 4. The van der Waals surface area contributed by atoms with Crippen molar-refractivity contribution < 1.29 is 52.7 Å². The SMILES string of the molecule is CCOC(=O)c1cc(OC)c2c(c1-c1c(C(=O)NC(/C=N/OCc3ccc(-c4ccccc4)cc3)CO)cc(OC)c3c1OCO3)OCO2. The van der Waals surface area contributed by atoms with Crippen LogP contribution >= 0.6 is 0 Å². The molecule has 49 heavy (non-hydrogen) atoms. The Kier molecular flexibility index (Phi) is 10.00. The third kappa shape index (κ3) is 6.74. The van der Waals surface area contributed by atoms with Gasteiger partial charge in [0.1, 0.15) is 6.61 Å². The maximum atomic E-state index is 14.0. The third-order valence-corrected chi connectivity index (χ3v) is 7.77. The van der Waals surface area contributed by atoms with Gasteiger partial charge in [0.05, 0.1) is 50.8 Å². The number of esters is 1. The first-order valence-corrected chi connectivity index (χ1v) is 15.4. The van der Waals surface area contributed by atoms with Crippen LogP contribution in [-0.2, 0) is 16.2 Å². The van der Waals surface area contributed by atoms with Crippen molar-refractivity contribution in [2.75, 3.05) is 41.0 Å². The number of carbonyl (C=O) groups excluding carboxylic acids is 2. The van der Waals surface area contributed by atoms with Crippen LogP contribution in [-0.4, -0.2) is 70.3 Å². The molecule has 0 bridgehead atoms. The highest BCUT2D eigenvalue weighted by atomic mass is 16.7. The smallest absolute Gasteiger partial charge is 0.339 e. The molecule has 0 radical (unpaired) electrons. The zero-order valence-corrected chi connectivity index (χ0v) is 27.0. The Hall–Kier alpha value is -5.95. The molecule has 0 saturated heterocycles. The number of amides is 1. The Balaban J connectivity index is 1.29. The number of hydrogen-bond donors (Lipinski definition) is 2. The van der Waals surface area contributed by atoms with Gasteiger partial charge in [0.25, 0.3) is 5.91 Å². The van der Waals surface area contributed by atoms with E-state index in [2.05, 4.69) is 10.5 Å².